The van der Waals surface area contributed by atoms with Crippen LogP contribution in [-0.2, 0) is 4.79 Å². The number of carbonyl (C=O) groups is 1. The summed E-state index contributed by atoms with van der Waals surface area (Å²) >= 11 is 1.65. The van der Waals surface area contributed by atoms with Crippen LogP contribution in [0, 0.1) is 0 Å². The van der Waals surface area contributed by atoms with Crippen LogP contribution in [0.4, 0.5) is 0 Å². The molecule has 2 bridgehead atoms. The second-order valence-electron chi connectivity index (χ2n) is 6.48. The third-order valence-electron chi connectivity index (χ3n) is 4.25. The van der Waals surface area contributed by atoms with Gasteiger partial charge in [0.15, 0.2) is 0 Å². The molecule has 0 aromatic rings. The van der Waals surface area contributed by atoms with Crippen LogP contribution in [0.3, 0.4) is 0 Å². The van der Waals surface area contributed by atoms with Crippen molar-refractivity contribution in [2.24, 2.45) is 0 Å². The molecule has 0 unspecified atom stereocenters. The van der Waals surface area contributed by atoms with Crippen molar-refractivity contribution in [1.82, 2.24) is 9.80 Å². The number of rotatable bonds is 3. The highest BCUT2D eigenvalue weighted by Crippen LogP contribution is 2.39. The van der Waals surface area contributed by atoms with Crippen molar-refractivity contribution in [1.29, 1.82) is 0 Å². The number of β-amino-alcohol motifs (C(OH)–C–C–N with tert-alkyl or cyclic N) is 1. The molecule has 0 aliphatic carbocycles. The van der Waals surface area contributed by atoms with Gasteiger partial charge in [-0.15, -0.1) is 11.8 Å². The number of thioether (sulfide) groups is 1. The molecule has 0 aromatic carbocycles. The van der Waals surface area contributed by atoms with Gasteiger partial charge in [0.1, 0.15) is 5.70 Å². The fourth-order valence-electron chi connectivity index (χ4n) is 3.51. The van der Waals surface area contributed by atoms with Gasteiger partial charge in [-0.1, -0.05) is 0 Å². The highest BCUT2D eigenvalue weighted by molar-refractivity contribution is 8.02. The molecule has 106 valence electrons. The van der Waals surface area contributed by atoms with Crippen LogP contribution in [0.2, 0.25) is 0 Å². The van der Waals surface area contributed by atoms with Crippen molar-refractivity contribution in [3.05, 3.63) is 11.1 Å². The molecule has 0 atom stereocenters. The Morgan fingerprint density at radius 2 is 1.95 bits per heavy atom. The Labute approximate surface area is 118 Å². The highest BCUT2D eigenvalue weighted by Gasteiger charge is 2.44. The van der Waals surface area contributed by atoms with Gasteiger partial charge in [0.2, 0.25) is 0 Å². The quantitative estimate of drug-likeness (QED) is 0.856. The Morgan fingerprint density at radius 3 is 2.47 bits per heavy atom. The maximum Gasteiger partial charge on any atom is 0.271 e. The van der Waals surface area contributed by atoms with Crippen LogP contribution >= 0.6 is 11.8 Å². The predicted octanol–water partition coefficient (Wildman–Crippen LogP) is 1.76. The van der Waals surface area contributed by atoms with E-state index in [9.17, 15) is 9.90 Å². The minimum Gasteiger partial charge on any atom is -0.389 e. The van der Waals surface area contributed by atoms with Crippen molar-refractivity contribution >= 4 is 17.7 Å². The fraction of sp³-hybridized carbons (Fsp3) is 0.786. The summed E-state index contributed by atoms with van der Waals surface area (Å²) in [5.74, 6) is 0.952. The summed E-state index contributed by atoms with van der Waals surface area (Å²) in [5, 5.41) is 11.9. The summed E-state index contributed by atoms with van der Waals surface area (Å²) in [6.45, 7) is 4.09. The summed E-state index contributed by atoms with van der Waals surface area (Å²) in [7, 11) is 0. The molecule has 1 amide bonds. The predicted molar refractivity (Wildman–Crippen MR) is 76.4 cm³/mol. The van der Waals surface area contributed by atoms with Gasteiger partial charge >= 0.3 is 0 Å². The van der Waals surface area contributed by atoms with Crippen LogP contribution in [0.1, 0.15) is 39.5 Å². The third-order valence-corrected chi connectivity index (χ3v) is 5.10. The lowest BCUT2D eigenvalue weighted by Gasteiger charge is -2.31. The van der Waals surface area contributed by atoms with E-state index in [1.165, 1.54) is 25.7 Å². The summed E-state index contributed by atoms with van der Waals surface area (Å²) in [4.78, 5) is 16.9. The average Bonchev–Trinajstić information content (AvgIpc) is 3.00. The van der Waals surface area contributed by atoms with E-state index in [0.717, 1.165) is 11.6 Å². The van der Waals surface area contributed by atoms with Gasteiger partial charge in [0.25, 0.3) is 5.91 Å². The molecule has 1 N–H and O–H groups in total. The van der Waals surface area contributed by atoms with Gasteiger partial charge in [0, 0.05) is 24.0 Å². The second-order valence-corrected chi connectivity index (χ2v) is 7.31. The van der Waals surface area contributed by atoms with Crippen molar-refractivity contribution in [2.75, 3.05) is 12.4 Å². The number of nitrogens with zero attached hydrogens (tertiary/aromatic N) is 2. The molecule has 2 fully saturated rings. The van der Waals surface area contributed by atoms with Crippen molar-refractivity contribution in [2.45, 2.75) is 57.2 Å². The fourth-order valence-corrected chi connectivity index (χ4v) is 4.40. The van der Waals surface area contributed by atoms with E-state index in [1.54, 1.807) is 25.6 Å². The monoisotopic (exact) mass is 282 g/mol. The average molecular weight is 282 g/mol. The Balaban J connectivity index is 1.73. The van der Waals surface area contributed by atoms with Gasteiger partial charge < -0.3 is 14.9 Å². The third kappa shape index (κ3) is 2.50. The van der Waals surface area contributed by atoms with Gasteiger partial charge in [-0.2, -0.15) is 0 Å². The molecule has 0 radical (unpaired) electrons. The first-order valence-electron chi connectivity index (χ1n) is 7.07. The van der Waals surface area contributed by atoms with E-state index in [-0.39, 0.29) is 5.91 Å². The van der Waals surface area contributed by atoms with Crippen LogP contribution in [0.5, 0.6) is 0 Å². The summed E-state index contributed by atoms with van der Waals surface area (Å²) in [6, 6.07) is 0.931. The number of hydrogen-bond acceptors (Lipinski definition) is 4. The topological polar surface area (TPSA) is 43.8 Å². The number of fused-ring (bicyclic) bond motifs is 2. The molecular weight excluding hydrogens is 260 g/mol. The maximum atomic E-state index is 12.7. The zero-order valence-electron chi connectivity index (χ0n) is 11.6. The minimum atomic E-state index is -0.770. The summed E-state index contributed by atoms with van der Waals surface area (Å²) in [6.07, 6.45) is 4.68. The molecule has 4 nitrogen and oxygen atoms in total. The number of carbonyl (C=O) groups excluding carboxylic acids is 1. The van der Waals surface area contributed by atoms with E-state index < -0.39 is 5.60 Å². The molecule has 0 saturated carbocycles. The molecule has 3 aliphatic rings. The maximum absolute atomic E-state index is 12.7. The van der Waals surface area contributed by atoms with Gasteiger partial charge in [0.05, 0.1) is 11.5 Å². The van der Waals surface area contributed by atoms with Gasteiger partial charge in [-0.3, -0.25) is 4.79 Å². The first-order chi connectivity index (χ1) is 8.96. The molecule has 19 heavy (non-hydrogen) atoms. The van der Waals surface area contributed by atoms with Gasteiger partial charge in [-0.05, 0) is 39.5 Å². The van der Waals surface area contributed by atoms with Crippen molar-refractivity contribution < 1.29 is 9.90 Å². The van der Waals surface area contributed by atoms with E-state index in [4.69, 9.17) is 0 Å². The first-order valence-corrected chi connectivity index (χ1v) is 8.12. The molecular formula is C14H22N2O2S. The van der Waals surface area contributed by atoms with Crippen LogP contribution in [0.15, 0.2) is 11.1 Å². The zero-order chi connectivity index (χ0) is 13.6. The number of aliphatic hydroxyl groups is 1. The zero-order valence-corrected chi connectivity index (χ0v) is 12.4. The van der Waals surface area contributed by atoms with Crippen LogP contribution < -0.4 is 0 Å². The molecule has 3 rings (SSSR count). The second kappa shape index (κ2) is 4.70. The van der Waals surface area contributed by atoms with E-state index in [0.29, 0.717) is 18.6 Å². The van der Waals surface area contributed by atoms with E-state index in [2.05, 4.69) is 4.90 Å². The minimum absolute atomic E-state index is 0.180. The largest absolute Gasteiger partial charge is 0.389 e. The van der Waals surface area contributed by atoms with Crippen LogP contribution in [-0.4, -0.2) is 50.9 Å². The summed E-state index contributed by atoms with van der Waals surface area (Å²) in [5.41, 5.74) is 0.0137. The molecule has 3 aliphatic heterocycles. The number of amides is 1. The Morgan fingerprint density at radius 1 is 1.37 bits per heavy atom. The lowest BCUT2D eigenvalue weighted by Crippen LogP contribution is -2.43. The molecule has 0 aromatic heterocycles. The first kappa shape index (κ1) is 13.3. The summed E-state index contributed by atoms with van der Waals surface area (Å²) < 4.78 is 0. The smallest absolute Gasteiger partial charge is 0.271 e. The highest BCUT2D eigenvalue weighted by atomic mass is 32.2. The SMILES string of the molecule is CC(C)(O)CN1CSC=C1C(=O)N1C2CCC1CC2. The standard InChI is InChI=1S/C14H22N2O2S/c1-14(2,18)8-15-9-19-7-12(15)13(17)16-10-3-4-11(16)6-5-10/h7,10-11,18H,3-6,8-9H2,1-2H3. The molecule has 2 saturated heterocycles. The normalized spacial score (nSPS) is 30.2. The Hall–Kier alpha value is -0.680. The van der Waals surface area contributed by atoms with Crippen molar-refractivity contribution in [3.8, 4) is 0 Å². The molecule has 0 spiro atoms. The van der Waals surface area contributed by atoms with E-state index >= 15 is 0 Å². The lowest BCUT2D eigenvalue weighted by atomic mass is 10.0. The Kier molecular flexibility index (Phi) is 3.29. The van der Waals surface area contributed by atoms with E-state index in [1.807, 2.05) is 10.3 Å². The number of hydrogen-bond donors (Lipinski definition) is 1. The van der Waals surface area contributed by atoms with Crippen molar-refractivity contribution in [3.63, 3.8) is 0 Å². The Bertz CT molecular complexity index is 396. The lowest BCUT2D eigenvalue weighted by molar-refractivity contribution is -0.130. The van der Waals surface area contributed by atoms with Crippen LogP contribution in [0.25, 0.3) is 0 Å². The van der Waals surface area contributed by atoms with Gasteiger partial charge in [-0.25, -0.2) is 0 Å². The molecule has 5 heteroatoms. The molecule has 3 heterocycles.